The second-order valence-electron chi connectivity index (χ2n) is 4.34. The Hall–Kier alpha value is -0.420. The van der Waals surface area contributed by atoms with Gasteiger partial charge in [-0.15, -0.1) is 0 Å². The molecule has 1 N–H and O–H groups in total. The fraction of sp³-hybridized carbons (Fsp3) is 0.538. The molecule has 1 aromatic rings. The van der Waals surface area contributed by atoms with E-state index in [1.54, 1.807) is 0 Å². The predicted molar refractivity (Wildman–Crippen MR) is 73.0 cm³/mol. The molecule has 0 aromatic heterocycles. The number of hydrogen-bond acceptors (Lipinski definition) is 3. The minimum Gasteiger partial charge on any atom is -0.379 e. The zero-order chi connectivity index (χ0) is 12.1. The standard InChI is InChI=1S/C13H19BrN2O/c1-15-9-11-2-3-12(13(14)8-11)10-16-4-6-17-7-5-16/h2-3,8,15H,4-7,9-10H2,1H3. The number of ether oxygens (including phenoxy) is 1. The average molecular weight is 299 g/mol. The molecule has 3 nitrogen and oxygen atoms in total. The molecular formula is C13H19BrN2O. The van der Waals surface area contributed by atoms with Crippen LogP contribution in [0.25, 0.3) is 0 Å². The minimum atomic E-state index is 0.857. The van der Waals surface area contributed by atoms with Crippen molar-refractivity contribution in [2.24, 2.45) is 0 Å². The van der Waals surface area contributed by atoms with Crippen molar-refractivity contribution in [3.05, 3.63) is 33.8 Å². The molecule has 2 rings (SSSR count). The maximum absolute atomic E-state index is 5.36. The fourth-order valence-corrected chi connectivity index (χ4v) is 2.58. The Labute approximate surface area is 111 Å². The SMILES string of the molecule is CNCc1ccc(CN2CCOCC2)c(Br)c1. The molecular weight excluding hydrogens is 280 g/mol. The van der Waals surface area contributed by atoms with Crippen molar-refractivity contribution < 1.29 is 4.74 Å². The van der Waals surface area contributed by atoms with Crippen molar-refractivity contribution in [1.29, 1.82) is 0 Å². The fourth-order valence-electron chi connectivity index (χ4n) is 2.03. The first-order valence-corrected chi connectivity index (χ1v) is 6.81. The predicted octanol–water partition coefficient (Wildman–Crippen LogP) is 2.00. The zero-order valence-corrected chi connectivity index (χ0v) is 11.8. The molecule has 1 saturated heterocycles. The van der Waals surface area contributed by atoms with Crippen LogP contribution in [-0.2, 0) is 17.8 Å². The van der Waals surface area contributed by atoms with Crippen molar-refractivity contribution in [3.8, 4) is 0 Å². The van der Waals surface area contributed by atoms with Crippen LogP contribution in [0.4, 0.5) is 0 Å². The third-order valence-corrected chi connectivity index (χ3v) is 3.73. The maximum Gasteiger partial charge on any atom is 0.0594 e. The molecule has 4 heteroatoms. The first-order chi connectivity index (χ1) is 8.29. The van der Waals surface area contributed by atoms with Gasteiger partial charge in [0.15, 0.2) is 0 Å². The van der Waals surface area contributed by atoms with E-state index in [1.165, 1.54) is 15.6 Å². The summed E-state index contributed by atoms with van der Waals surface area (Å²) in [5.41, 5.74) is 2.66. The van der Waals surface area contributed by atoms with Gasteiger partial charge < -0.3 is 10.1 Å². The Morgan fingerprint density at radius 1 is 1.35 bits per heavy atom. The van der Waals surface area contributed by atoms with E-state index in [0.29, 0.717) is 0 Å². The number of nitrogens with zero attached hydrogens (tertiary/aromatic N) is 1. The molecule has 1 aliphatic heterocycles. The van der Waals surface area contributed by atoms with E-state index in [-0.39, 0.29) is 0 Å². The van der Waals surface area contributed by atoms with E-state index in [4.69, 9.17) is 4.74 Å². The summed E-state index contributed by atoms with van der Waals surface area (Å²) in [6.45, 7) is 5.69. The van der Waals surface area contributed by atoms with E-state index in [2.05, 4.69) is 44.3 Å². The van der Waals surface area contributed by atoms with Crippen LogP contribution in [0.5, 0.6) is 0 Å². The molecule has 17 heavy (non-hydrogen) atoms. The summed E-state index contributed by atoms with van der Waals surface area (Å²) in [5.74, 6) is 0. The highest BCUT2D eigenvalue weighted by Gasteiger charge is 2.12. The van der Waals surface area contributed by atoms with Gasteiger partial charge in [0.25, 0.3) is 0 Å². The van der Waals surface area contributed by atoms with Crippen molar-refractivity contribution in [3.63, 3.8) is 0 Å². The first-order valence-electron chi connectivity index (χ1n) is 6.01. The average Bonchev–Trinajstić information content (AvgIpc) is 2.34. The van der Waals surface area contributed by atoms with Gasteiger partial charge in [0.1, 0.15) is 0 Å². The molecule has 0 bridgehead atoms. The topological polar surface area (TPSA) is 24.5 Å². The largest absolute Gasteiger partial charge is 0.379 e. The highest BCUT2D eigenvalue weighted by atomic mass is 79.9. The zero-order valence-electron chi connectivity index (χ0n) is 10.2. The molecule has 0 atom stereocenters. The molecule has 0 radical (unpaired) electrons. The quantitative estimate of drug-likeness (QED) is 0.920. The third-order valence-electron chi connectivity index (χ3n) is 3.00. The Bertz CT molecular complexity index is 364. The number of nitrogens with one attached hydrogen (secondary N) is 1. The minimum absolute atomic E-state index is 0.857. The molecule has 94 valence electrons. The van der Waals surface area contributed by atoms with Crippen LogP contribution in [0.3, 0.4) is 0 Å². The van der Waals surface area contributed by atoms with Gasteiger partial charge in [0.05, 0.1) is 13.2 Å². The Kier molecular flexibility index (Phi) is 4.98. The third kappa shape index (κ3) is 3.78. The smallest absolute Gasteiger partial charge is 0.0594 e. The Morgan fingerprint density at radius 3 is 2.76 bits per heavy atom. The van der Waals surface area contributed by atoms with Crippen molar-refractivity contribution in [2.75, 3.05) is 33.4 Å². The molecule has 1 aromatic carbocycles. The summed E-state index contributed by atoms with van der Waals surface area (Å²) in [5, 5.41) is 3.16. The van der Waals surface area contributed by atoms with Crippen molar-refractivity contribution in [1.82, 2.24) is 10.2 Å². The molecule has 0 aliphatic carbocycles. The van der Waals surface area contributed by atoms with E-state index < -0.39 is 0 Å². The van der Waals surface area contributed by atoms with Gasteiger partial charge in [-0.05, 0) is 24.2 Å². The van der Waals surface area contributed by atoms with Crippen LogP contribution >= 0.6 is 15.9 Å². The van der Waals surface area contributed by atoms with Gasteiger partial charge in [0.2, 0.25) is 0 Å². The van der Waals surface area contributed by atoms with Crippen molar-refractivity contribution >= 4 is 15.9 Å². The van der Waals surface area contributed by atoms with E-state index >= 15 is 0 Å². The van der Waals surface area contributed by atoms with E-state index in [0.717, 1.165) is 39.4 Å². The number of hydrogen-bond donors (Lipinski definition) is 1. The lowest BCUT2D eigenvalue weighted by molar-refractivity contribution is 0.0341. The summed E-state index contributed by atoms with van der Waals surface area (Å²) in [4.78, 5) is 2.43. The van der Waals surface area contributed by atoms with Gasteiger partial charge in [-0.3, -0.25) is 4.90 Å². The summed E-state index contributed by atoms with van der Waals surface area (Å²) in [6.07, 6.45) is 0. The summed E-state index contributed by atoms with van der Waals surface area (Å²) >= 11 is 3.66. The van der Waals surface area contributed by atoms with Crippen molar-refractivity contribution in [2.45, 2.75) is 13.1 Å². The van der Waals surface area contributed by atoms with E-state index in [1.807, 2.05) is 7.05 Å². The first kappa shape index (κ1) is 13.0. The number of benzene rings is 1. The molecule has 0 unspecified atom stereocenters. The van der Waals surface area contributed by atoms with Crippen LogP contribution in [0.15, 0.2) is 22.7 Å². The highest BCUT2D eigenvalue weighted by molar-refractivity contribution is 9.10. The van der Waals surface area contributed by atoms with Crippen LogP contribution in [0, 0.1) is 0 Å². The molecule has 0 spiro atoms. The summed E-state index contributed by atoms with van der Waals surface area (Å²) < 4.78 is 6.56. The number of halogens is 1. The molecule has 1 fully saturated rings. The molecule has 0 amide bonds. The monoisotopic (exact) mass is 298 g/mol. The van der Waals surface area contributed by atoms with Crippen LogP contribution < -0.4 is 5.32 Å². The lowest BCUT2D eigenvalue weighted by Gasteiger charge is -2.27. The summed E-state index contributed by atoms with van der Waals surface area (Å²) in [6, 6.07) is 6.61. The van der Waals surface area contributed by atoms with Crippen LogP contribution in [-0.4, -0.2) is 38.3 Å². The second-order valence-corrected chi connectivity index (χ2v) is 5.20. The summed E-state index contributed by atoms with van der Waals surface area (Å²) in [7, 11) is 1.97. The Morgan fingerprint density at radius 2 is 2.12 bits per heavy atom. The van der Waals surface area contributed by atoms with Gasteiger partial charge in [-0.1, -0.05) is 28.1 Å². The van der Waals surface area contributed by atoms with Gasteiger partial charge in [-0.2, -0.15) is 0 Å². The number of morpholine rings is 1. The van der Waals surface area contributed by atoms with Crippen LogP contribution in [0.2, 0.25) is 0 Å². The second kappa shape index (κ2) is 6.50. The maximum atomic E-state index is 5.36. The normalized spacial score (nSPS) is 17.3. The number of rotatable bonds is 4. The Balaban J connectivity index is 2.00. The lowest BCUT2D eigenvalue weighted by atomic mass is 10.1. The van der Waals surface area contributed by atoms with Gasteiger partial charge in [-0.25, -0.2) is 0 Å². The molecule has 1 aliphatic rings. The van der Waals surface area contributed by atoms with Gasteiger partial charge >= 0.3 is 0 Å². The lowest BCUT2D eigenvalue weighted by Crippen LogP contribution is -2.35. The highest BCUT2D eigenvalue weighted by Crippen LogP contribution is 2.20. The van der Waals surface area contributed by atoms with E-state index in [9.17, 15) is 0 Å². The van der Waals surface area contributed by atoms with Gasteiger partial charge in [0, 0.05) is 30.7 Å². The molecule has 1 heterocycles. The van der Waals surface area contributed by atoms with Crippen LogP contribution in [0.1, 0.15) is 11.1 Å². The molecule has 0 saturated carbocycles.